The van der Waals surface area contributed by atoms with Gasteiger partial charge in [0.15, 0.2) is 0 Å². The minimum absolute atomic E-state index is 0.0591. The maximum absolute atomic E-state index is 10.6. The van der Waals surface area contributed by atoms with Crippen LogP contribution in [0.2, 0.25) is 0 Å². The lowest BCUT2D eigenvalue weighted by atomic mass is 10.3. The van der Waals surface area contributed by atoms with Gasteiger partial charge < -0.3 is 10.2 Å². The van der Waals surface area contributed by atoms with E-state index < -0.39 is 4.92 Å². The molecule has 1 N–H and O–H groups in total. The first-order valence-corrected chi connectivity index (χ1v) is 5.51. The number of nitro groups is 1. The molecule has 0 spiro atoms. The van der Waals surface area contributed by atoms with Gasteiger partial charge in [0.1, 0.15) is 11.5 Å². The molecule has 1 aromatic rings. The summed E-state index contributed by atoms with van der Waals surface area (Å²) >= 11 is 0. The van der Waals surface area contributed by atoms with Crippen LogP contribution in [0.25, 0.3) is 0 Å². The number of pyridine rings is 1. The molecule has 0 fully saturated rings. The molecule has 0 saturated carbocycles. The Kier molecular flexibility index (Phi) is 4.84. The van der Waals surface area contributed by atoms with Gasteiger partial charge in [0.05, 0.1) is 4.92 Å². The molecule has 6 heteroatoms. The molecule has 1 rings (SSSR count). The summed E-state index contributed by atoms with van der Waals surface area (Å²) < 4.78 is 0. The maximum Gasteiger partial charge on any atom is 0.290 e. The van der Waals surface area contributed by atoms with Crippen molar-refractivity contribution in [3.8, 4) is 0 Å². The molecule has 0 aromatic carbocycles. The lowest BCUT2D eigenvalue weighted by Crippen LogP contribution is -2.16. The predicted octanol–water partition coefficient (Wildman–Crippen LogP) is 1.66. The summed E-state index contributed by atoms with van der Waals surface area (Å²) in [7, 11) is 4.04. The Morgan fingerprint density at radius 2 is 2.18 bits per heavy atom. The third-order valence-electron chi connectivity index (χ3n) is 2.34. The molecule has 94 valence electrons. The number of rotatable bonds is 6. The van der Waals surface area contributed by atoms with E-state index in [9.17, 15) is 10.1 Å². The lowest BCUT2D eigenvalue weighted by molar-refractivity contribution is -0.385. The minimum Gasteiger partial charge on any atom is -0.370 e. The van der Waals surface area contributed by atoms with Crippen LogP contribution in [0.1, 0.15) is 12.1 Å². The quantitative estimate of drug-likeness (QED) is 0.463. The Labute approximate surface area is 101 Å². The highest BCUT2D eigenvalue weighted by atomic mass is 16.6. The Morgan fingerprint density at radius 1 is 1.47 bits per heavy atom. The number of aromatic nitrogens is 1. The molecule has 1 aromatic heterocycles. The van der Waals surface area contributed by atoms with Crippen LogP contribution in [0.4, 0.5) is 11.5 Å². The third-order valence-corrected chi connectivity index (χ3v) is 2.34. The van der Waals surface area contributed by atoms with E-state index in [0.717, 1.165) is 19.5 Å². The highest BCUT2D eigenvalue weighted by molar-refractivity contribution is 5.44. The second kappa shape index (κ2) is 6.15. The van der Waals surface area contributed by atoms with E-state index in [1.165, 1.54) is 6.07 Å². The van der Waals surface area contributed by atoms with Gasteiger partial charge in [-0.05, 0) is 40.1 Å². The van der Waals surface area contributed by atoms with Gasteiger partial charge in [-0.1, -0.05) is 0 Å². The van der Waals surface area contributed by atoms with Crippen molar-refractivity contribution < 1.29 is 4.92 Å². The number of nitrogens with zero attached hydrogens (tertiary/aromatic N) is 3. The summed E-state index contributed by atoms with van der Waals surface area (Å²) in [6.45, 7) is 3.45. The molecule has 0 aliphatic heterocycles. The van der Waals surface area contributed by atoms with Crippen LogP contribution in [-0.2, 0) is 0 Å². The van der Waals surface area contributed by atoms with Gasteiger partial charge >= 0.3 is 0 Å². The fraction of sp³-hybridized carbons (Fsp3) is 0.545. The van der Waals surface area contributed by atoms with Gasteiger partial charge in [0.25, 0.3) is 5.69 Å². The second-order valence-electron chi connectivity index (χ2n) is 4.14. The van der Waals surface area contributed by atoms with Crippen molar-refractivity contribution in [3.63, 3.8) is 0 Å². The molecule has 1 heterocycles. The van der Waals surface area contributed by atoms with Crippen LogP contribution in [-0.4, -0.2) is 42.0 Å². The van der Waals surface area contributed by atoms with E-state index in [4.69, 9.17) is 0 Å². The SMILES string of the molecule is Cc1nc(NCCCN(C)C)ccc1[N+](=O)[O-]. The van der Waals surface area contributed by atoms with Crippen molar-refractivity contribution in [3.05, 3.63) is 27.9 Å². The molecule has 0 aliphatic carbocycles. The van der Waals surface area contributed by atoms with Crippen LogP contribution >= 0.6 is 0 Å². The van der Waals surface area contributed by atoms with Crippen LogP contribution in [0.15, 0.2) is 12.1 Å². The summed E-state index contributed by atoms with van der Waals surface area (Å²) in [5.74, 6) is 0.687. The average molecular weight is 238 g/mol. The number of hydrogen-bond acceptors (Lipinski definition) is 5. The number of aryl methyl sites for hydroxylation is 1. The number of anilines is 1. The average Bonchev–Trinajstić information content (AvgIpc) is 2.23. The minimum atomic E-state index is -0.418. The van der Waals surface area contributed by atoms with E-state index in [2.05, 4.69) is 15.2 Å². The fourth-order valence-corrected chi connectivity index (χ4v) is 1.46. The summed E-state index contributed by atoms with van der Waals surface area (Å²) in [6.07, 6.45) is 1.00. The zero-order chi connectivity index (χ0) is 12.8. The van der Waals surface area contributed by atoms with Crippen LogP contribution in [0.5, 0.6) is 0 Å². The standard InChI is InChI=1S/C11H18N4O2/c1-9-10(15(16)17)5-6-11(13-9)12-7-4-8-14(2)3/h5-6H,4,7-8H2,1-3H3,(H,12,13). The first kappa shape index (κ1) is 13.4. The van der Waals surface area contributed by atoms with Crippen molar-refractivity contribution >= 4 is 11.5 Å². The number of nitrogens with one attached hydrogen (secondary N) is 1. The predicted molar refractivity (Wildman–Crippen MR) is 67.3 cm³/mol. The normalized spacial score (nSPS) is 10.6. The Morgan fingerprint density at radius 3 is 2.71 bits per heavy atom. The van der Waals surface area contributed by atoms with Crippen molar-refractivity contribution in [1.29, 1.82) is 0 Å². The van der Waals surface area contributed by atoms with Crippen molar-refractivity contribution in [1.82, 2.24) is 9.88 Å². The van der Waals surface area contributed by atoms with E-state index >= 15 is 0 Å². The molecule has 0 bridgehead atoms. The first-order chi connectivity index (χ1) is 8.00. The fourth-order valence-electron chi connectivity index (χ4n) is 1.46. The van der Waals surface area contributed by atoms with E-state index in [-0.39, 0.29) is 5.69 Å². The summed E-state index contributed by atoms with van der Waals surface area (Å²) in [5, 5.41) is 13.8. The Balaban J connectivity index is 2.50. The Hall–Kier alpha value is -1.69. The monoisotopic (exact) mass is 238 g/mol. The highest BCUT2D eigenvalue weighted by Gasteiger charge is 2.11. The molecule has 0 saturated heterocycles. The van der Waals surface area contributed by atoms with Crippen molar-refractivity contribution in [2.24, 2.45) is 0 Å². The maximum atomic E-state index is 10.6. The summed E-state index contributed by atoms with van der Waals surface area (Å²) in [5.41, 5.74) is 0.497. The van der Waals surface area contributed by atoms with Gasteiger partial charge in [0.2, 0.25) is 0 Å². The number of hydrogen-bond donors (Lipinski definition) is 1. The molecule has 0 radical (unpaired) electrons. The second-order valence-corrected chi connectivity index (χ2v) is 4.14. The van der Waals surface area contributed by atoms with E-state index in [0.29, 0.717) is 11.5 Å². The van der Waals surface area contributed by atoms with Crippen molar-refractivity contribution in [2.75, 3.05) is 32.5 Å². The first-order valence-electron chi connectivity index (χ1n) is 5.51. The van der Waals surface area contributed by atoms with Gasteiger partial charge in [-0.2, -0.15) is 0 Å². The molecular formula is C11H18N4O2. The summed E-state index contributed by atoms with van der Waals surface area (Å²) in [6, 6.07) is 3.12. The van der Waals surface area contributed by atoms with E-state index in [1.54, 1.807) is 13.0 Å². The van der Waals surface area contributed by atoms with E-state index in [1.807, 2.05) is 14.1 Å². The molecule has 6 nitrogen and oxygen atoms in total. The third kappa shape index (κ3) is 4.36. The van der Waals surface area contributed by atoms with Crippen LogP contribution < -0.4 is 5.32 Å². The van der Waals surface area contributed by atoms with Gasteiger partial charge in [-0.15, -0.1) is 0 Å². The molecular weight excluding hydrogens is 220 g/mol. The van der Waals surface area contributed by atoms with Gasteiger partial charge in [0, 0.05) is 12.6 Å². The molecule has 17 heavy (non-hydrogen) atoms. The van der Waals surface area contributed by atoms with Crippen molar-refractivity contribution in [2.45, 2.75) is 13.3 Å². The topological polar surface area (TPSA) is 71.3 Å². The zero-order valence-electron chi connectivity index (χ0n) is 10.4. The molecule has 0 unspecified atom stereocenters. The Bertz CT molecular complexity index is 393. The van der Waals surface area contributed by atoms with Crippen LogP contribution in [0, 0.1) is 17.0 Å². The van der Waals surface area contributed by atoms with Crippen LogP contribution in [0.3, 0.4) is 0 Å². The zero-order valence-corrected chi connectivity index (χ0v) is 10.4. The summed E-state index contributed by atoms with van der Waals surface area (Å²) in [4.78, 5) is 16.4. The van der Waals surface area contributed by atoms with Gasteiger partial charge in [-0.25, -0.2) is 4.98 Å². The molecule has 0 aliphatic rings. The largest absolute Gasteiger partial charge is 0.370 e. The van der Waals surface area contributed by atoms with Gasteiger partial charge in [-0.3, -0.25) is 10.1 Å². The smallest absolute Gasteiger partial charge is 0.290 e. The molecule has 0 amide bonds. The molecule has 0 atom stereocenters. The lowest BCUT2D eigenvalue weighted by Gasteiger charge is -2.10. The highest BCUT2D eigenvalue weighted by Crippen LogP contribution is 2.17.